The summed E-state index contributed by atoms with van der Waals surface area (Å²) in [6.45, 7) is 2.55. The SMILES string of the molecule is CCCCOc1ccc(C(=O)OC[C@H](Cl)C(Cl)(Cl)Cl)cc1. The minimum Gasteiger partial charge on any atom is -0.494 e. The van der Waals surface area contributed by atoms with Gasteiger partial charge in [-0.05, 0) is 30.7 Å². The molecular weight excluding hydrogens is 358 g/mol. The number of esters is 1. The van der Waals surface area contributed by atoms with E-state index in [2.05, 4.69) is 6.92 Å². The molecule has 0 aliphatic heterocycles. The average molecular weight is 374 g/mol. The van der Waals surface area contributed by atoms with E-state index in [0.29, 0.717) is 17.9 Å². The van der Waals surface area contributed by atoms with Gasteiger partial charge in [0.2, 0.25) is 3.79 Å². The van der Waals surface area contributed by atoms with Crippen molar-refractivity contribution in [3.05, 3.63) is 29.8 Å². The van der Waals surface area contributed by atoms with Crippen molar-refractivity contribution in [2.75, 3.05) is 13.2 Å². The molecule has 1 rings (SSSR count). The van der Waals surface area contributed by atoms with E-state index in [4.69, 9.17) is 55.9 Å². The number of hydrogen-bond acceptors (Lipinski definition) is 3. The topological polar surface area (TPSA) is 35.5 Å². The van der Waals surface area contributed by atoms with Crippen LogP contribution in [0.2, 0.25) is 0 Å². The number of ether oxygens (including phenoxy) is 2. The van der Waals surface area contributed by atoms with E-state index in [0.717, 1.165) is 12.8 Å². The lowest BCUT2D eigenvalue weighted by Gasteiger charge is -2.17. The van der Waals surface area contributed by atoms with Crippen LogP contribution in [0.1, 0.15) is 30.1 Å². The second-order valence-corrected chi connectivity index (χ2v) is 7.23. The van der Waals surface area contributed by atoms with Crippen molar-refractivity contribution in [1.82, 2.24) is 0 Å². The summed E-state index contributed by atoms with van der Waals surface area (Å²) in [5, 5.41) is -0.914. The van der Waals surface area contributed by atoms with E-state index >= 15 is 0 Å². The lowest BCUT2D eigenvalue weighted by Crippen LogP contribution is -2.26. The van der Waals surface area contributed by atoms with Gasteiger partial charge in [0, 0.05) is 0 Å². The Labute approximate surface area is 144 Å². The molecule has 3 nitrogen and oxygen atoms in total. The summed E-state index contributed by atoms with van der Waals surface area (Å²) in [6, 6.07) is 6.64. The fourth-order valence-corrected chi connectivity index (χ4v) is 1.60. The van der Waals surface area contributed by atoms with E-state index in [1.807, 2.05) is 0 Å². The van der Waals surface area contributed by atoms with Crippen LogP contribution in [-0.4, -0.2) is 28.4 Å². The molecule has 0 amide bonds. The summed E-state index contributed by atoms with van der Waals surface area (Å²) >= 11 is 22.5. The molecule has 0 radical (unpaired) electrons. The Bertz CT molecular complexity index is 443. The molecule has 0 saturated heterocycles. The number of carbonyl (C=O) groups excluding carboxylic acids is 1. The average Bonchev–Trinajstić information content (AvgIpc) is 2.44. The van der Waals surface area contributed by atoms with Gasteiger partial charge in [0.25, 0.3) is 0 Å². The molecule has 0 aromatic heterocycles. The third kappa shape index (κ3) is 6.96. The number of alkyl halides is 4. The molecule has 1 atom stereocenters. The van der Waals surface area contributed by atoms with Gasteiger partial charge < -0.3 is 9.47 Å². The molecule has 0 bridgehead atoms. The molecule has 0 spiro atoms. The molecule has 0 unspecified atom stereocenters. The smallest absolute Gasteiger partial charge is 0.338 e. The van der Waals surface area contributed by atoms with E-state index < -0.39 is 15.1 Å². The van der Waals surface area contributed by atoms with Crippen molar-refractivity contribution in [3.63, 3.8) is 0 Å². The normalized spacial score (nSPS) is 12.8. The number of carbonyl (C=O) groups is 1. The zero-order chi connectivity index (χ0) is 15.9. The fourth-order valence-electron chi connectivity index (χ4n) is 1.35. The monoisotopic (exact) mass is 372 g/mol. The molecule has 7 heteroatoms. The number of unbranched alkanes of at least 4 members (excludes halogenated alkanes) is 1. The van der Waals surface area contributed by atoms with Crippen molar-refractivity contribution in [3.8, 4) is 5.75 Å². The first-order valence-corrected chi connectivity index (χ1v) is 8.02. The van der Waals surface area contributed by atoms with Crippen molar-refractivity contribution < 1.29 is 14.3 Å². The van der Waals surface area contributed by atoms with Crippen LogP contribution in [0.5, 0.6) is 5.75 Å². The number of hydrogen-bond donors (Lipinski definition) is 0. The van der Waals surface area contributed by atoms with E-state index in [9.17, 15) is 4.79 Å². The van der Waals surface area contributed by atoms with Crippen LogP contribution in [0.4, 0.5) is 0 Å². The van der Waals surface area contributed by atoms with E-state index in [1.165, 1.54) is 0 Å². The van der Waals surface area contributed by atoms with Gasteiger partial charge in [-0.1, -0.05) is 48.1 Å². The predicted molar refractivity (Wildman–Crippen MR) is 87.1 cm³/mol. The molecule has 0 fully saturated rings. The summed E-state index contributed by atoms with van der Waals surface area (Å²) in [5.41, 5.74) is 0.381. The van der Waals surface area contributed by atoms with E-state index in [1.54, 1.807) is 24.3 Å². The maximum Gasteiger partial charge on any atom is 0.338 e. The maximum absolute atomic E-state index is 11.8. The lowest BCUT2D eigenvalue weighted by molar-refractivity contribution is 0.0505. The second kappa shape index (κ2) is 8.94. The number of halogens is 4. The second-order valence-electron chi connectivity index (χ2n) is 4.33. The van der Waals surface area contributed by atoms with Crippen LogP contribution in [0.3, 0.4) is 0 Å². The van der Waals surface area contributed by atoms with Gasteiger partial charge in [0.15, 0.2) is 0 Å². The van der Waals surface area contributed by atoms with Gasteiger partial charge in [-0.15, -0.1) is 11.6 Å². The van der Waals surface area contributed by atoms with Crippen LogP contribution in [0.25, 0.3) is 0 Å². The minimum absolute atomic E-state index is 0.189. The van der Waals surface area contributed by atoms with Crippen LogP contribution in [-0.2, 0) is 4.74 Å². The van der Waals surface area contributed by atoms with Crippen LogP contribution >= 0.6 is 46.4 Å². The Kier molecular flexibility index (Phi) is 7.96. The standard InChI is InChI=1S/C14H16Cl4O3/c1-2-3-8-20-11-6-4-10(5-7-11)13(19)21-9-12(15)14(16,17)18/h4-7,12H,2-3,8-9H2,1H3/t12-/m0/s1. The zero-order valence-electron chi connectivity index (χ0n) is 11.5. The summed E-state index contributed by atoms with van der Waals surface area (Å²) in [7, 11) is 0. The maximum atomic E-state index is 11.8. The number of rotatable bonds is 7. The summed E-state index contributed by atoms with van der Waals surface area (Å²) in [4.78, 5) is 11.8. The molecule has 0 heterocycles. The van der Waals surface area contributed by atoms with Gasteiger partial charge in [-0.3, -0.25) is 0 Å². The van der Waals surface area contributed by atoms with Gasteiger partial charge in [-0.2, -0.15) is 0 Å². The minimum atomic E-state index is -1.68. The molecule has 1 aromatic rings. The van der Waals surface area contributed by atoms with Crippen molar-refractivity contribution in [2.45, 2.75) is 28.9 Å². The molecule has 0 saturated carbocycles. The summed E-state index contributed by atoms with van der Waals surface area (Å²) in [5.74, 6) is 0.173. The summed E-state index contributed by atoms with van der Waals surface area (Å²) < 4.78 is 8.81. The van der Waals surface area contributed by atoms with Crippen molar-refractivity contribution >= 4 is 52.4 Å². The van der Waals surface area contributed by atoms with Crippen LogP contribution < -0.4 is 4.74 Å². The highest BCUT2D eigenvalue weighted by Gasteiger charge is 2.32. The Morgan fingerprint density at radius 3 is 2.38 bits per heavy atom. The quantitative estimate of drug-likeness (QED) is 0.383. The van der Waals surface area contributed by atoms with Crippen molar-refractivity contribution in [1.29, 1.82) is 0 Å². The van der Waals surface area contributed by atoms with Crippen LogP contribution in [0, 0.1) is 0 Å². The first-order valence-electron chi connectivity index (χ1n) is 6.45. The first-order chi connectivity index (χ1) is 9.84. The molecular formula is C14H16Cl4O3. The molecule has 21 heavy (non-hydrogen) atoms. The zero-order valence-corrected chi connectivity index (χ0v) is 14.5. The highest BCUT2D eigenvalue weighted by molar-refractivity contribution is 6.70. The number of benzene rings is 1. The van der Waals surface area contributed by atoms with Gasteiger partial charge >= 0.3 is 5.97 Å². The first kappa shape index (κ1) is 18.7. The summed E-state index contributed by atoms with van der Waals surface area (Å²) in [6.07, 6.45) is 2.05. The van der Waals surface area contributed by atoms with Gasteiger partial charge in [0.05, 0.1) is 12.2 Å². The molecule has 0 N–H and O–H groups in total. The van der Waals surface area contributed by atoms with Gasteiger partial charge in [0.1, 0.15) is 17.7 Å². The molecule has 1 aromatic carbocycles. The highest BCUT2D eigenvalue weighted by atomic mass is 35.6. The Hall–Kier alpha value is -0.350. The molecule has 118 valence electrons. The Balaban J connectivity index is 2.48. The lowest BCUT2D eigenvalue weighted by atomic mass is 10.2. The van der Waals surface area contributed by atoms with Crippen molar-refractivity contribution in [2.24, 2.45) is 0 Å². The Morgan fingerprint density at radius 1 is 1.24 bits per heavy atom. The largest absolute Gasteiger partial charge is 0.494 e. The third-order valence-corrected chi connectivity index (χ3v) is 4.15. The van der Waals surface area contributed by atoms with Gasteiger partial charge in [-0.25, -0.2) is 4.79 Å². The van der Waals surface area contributed by atoms with E-state index in [-0.39, 0.29) is 6.61 Å². The third-order valence-electron chi connectivity index (χ3n) is 2.57. The predicted octanol–water partition coefficient (Wildman–Crippen LogP) is 5.00. The Morgan fingerprint density at radius 2 is 1.86 bits per heavy atom. The van der Waals surface area contributed by atoms with Crippen LogP contribution in [0.15, 0.2) is 24.3 Å². The molecule has 0 aliphatic carbocycles. The molecule has 0 aliphatic rings. The highest BCUT2D eigenvalue weighted by Crippen LogP contribution is 2.33. The fraction of sp³-hybridized carbons (Fsp3) is 0.500.